The summed E-state index contributed by atoms with van der Waals surface area (Å²) in [5.41, 5.74) is 0.496. The Morgan fingerprint density at radius 2 is 1.75 bits per heavy atom. The van der Waals surface area contributed by atoms with Crippen LogP contribution < -0.4 is 0 Å². The molecule has 0 heterocycles. The molecule has 0 saturated heterocycles. The van der Waals surface area contributed by atoms with Crippen LogP contribution in [-0.2, 0) is 0 Å². The molecule has 66 valence electrons. The third kappa shape index (κ3) is 2.05. The monoisotopic (exact) mass is 224 g/mol. The number of aliphatic hydroxyl groups excluding tert-OH is 1. The molecule has 0 spiro atoms. The van der Waals surface area contributed by atoms with Gasteiger partial charge in [0.1, 0.15) is 0 Å². The first-order valence-corrected chi connectivity index (χ1v) is 4.63. The molecule has 0 aliphatic rings. The summed E-state index contributed by atoms with van der Waals surface area (Å²) in [4.78, 5) is 0. The van der Waals surface area contributed by atoms with Crippen molar-refractivity contribution in [2.75, 3.05) is 5.88 Å². The fourth-order valence-electron chi connectivity index (χ4n) is 0.906. The zero-order valence-corrected chi connectivity index (χ0v) is 8.37. The molecule has 0 amide bonds. The SMILES string of the molecule is O[C@H](CCl)c1c(Cl)cccc1Cl. The molecular weight excluding hydrogens is 218 g/mol. The minimum absolute atomic E-state index is 0.0868. The normalized spacial score (nSPS) is 13.0. The topological polar surface area (TPSA) is 20.2 Å². The summed E-state index contributed by atoms with van der Waals surface area (Å²) in [5.74, 6) is 0.0868. The van der Waals surface area contributed by atoms with Crippen molar-refractivity contribution >= 4 is 34.8 Å². The number of halogens is 3. The molecule has 0 aliphatic heterocycles. The quantitative estimate of drug-likeness (QED) is 0.766. The Kier molecular flexibility index (Phi) is 3.66. The van der Waals surface area contributed by atoms with Crippen LogP contribution in [0, 0.1) is 0 Å². The molecule has 1 aromatic rings. The fourth-order valence-corrected chi connectivity index (χ4v) is 1.71. The minimum atomic E-state index is -0.798. The maximum atomic E-state index is 9.39. The molecule has 12 heavy (non-hydrogen) atoms. The molecule has 0 bridgehead atoms. The minimum Gasteiger partial charge on any atom is -0.387 e. The standard InChI is InChI=1S/C8H7Cl3O/c9-4-7(12)8-5(10)2-1-3-6(8)11/h1-3,7,12H,4H2/t7-/m1/s1. The van der Waals surface area contributed by atoms with Gasteiger partial charge in [0.25, 0.3) is 0 Å². The van der Waals surface area contributed by atoms with E-state index in [0.29, 0.717) is 15.6 Å². The predicted octanol–water partition coefficient (Wildman–Crippen LogP) is 3.27. The Morgan fingerprint density at radius 3 is 2.17 bits per heavy atom. The molecule has 4 heteroatoms. The average Bonchev–Trinajstić information content (AvgIpc) is 2.03. The van der Waals surface area contributed by atoms with Gasteiger partial charge in [0.15, 0.2) is 0 Å². The molecule has 1 aromatic carbocycles. The van der Waals surface area contributed by atoms with E-state index in [2.05, 4.69) is 0 Å². The van der Waals surface area contributed by atoms with Crippen molar-refractivity contribution < 1.29 is 5.11 Å². The second-order valence-corrected chi connectivity index (χ2v) is 3.43. The first kappa shape index (κ1) is 10.1. The average molecular weight is 226 g/mol. The van der Waals surface area contributed by atoms with Gasteiger partial charge in [0.05, 0.1) is 12.0 Å². The number of alkyl halides is 1. The van der Waals surface area contributed by atoms with Gasteiger partial charge >= 0.3 is 0 Å². The Hall–Kier alpha value is 0.0500. The van der Waals surface area contributed by atoms with E-state index in [1.54, 1.807) is 18.2 Å². The number of aliphatic hydroxyl groups is 1. The van der Waals surface area contributed by atoms with Crippen LogP contribution in [0.15, 0.2) is 18.2 Å². The van der Waals surface area contributed by atoms with Crippen molar-refractivity contribution in [2.24, 2.45) is 0 Å². The Labute approximate surface area is 85.9 Å². The van der Waals surface area contributed by atoms with Crippen LogP contribution in [0.4, 0.5) is 0 Å². The van der Waals surface area contributed by atoms with E-state index in [4.69, 9.17) is 34.8 Å². The summed E-state index contributed by atoms with van der Waals surface area (Å²) in [7, 11) is 0. The fraction of sp³-hybridized carbons (Fsp3) is 0.250. The lowest BCUT2D eigenvalue weighted by molar-refractivity contribution is 0.203. The van der Waals surface area contributed by atoms with Gasteiger partial charge in [-0.05, 0) is 12.1 Å². The molecule has 0 unspecified atom stereocenters. The van der Waals surface area contributed by atoms with E-state index in [9.17, 15) is 5.11 Å². The lowest BCUT2D eigenvalue weighted by Crippen LogP contribution is -2.00. The summed E-state index contributed by atoms with van der Waals surface area (Å²) in [5, 5.41) is 10.3. The van der Waals surface area contributed by atoms with E-state index in [1.165, 1.54) is 0 Å². The Balaban J connectivity index is 3.12. The van der Waals surface area contributed by atoms with Gasteiger partial charge in [-0.3, -0.25) is 0 Å². The summed E-state index contributed by atoms with van der Waals surface area (Å²) >= 11 is 17.1. The van der Waals surface area contributed by atoms with E-state index >= 15 is 0 Å². The van der Waals surface area contributed by atoms with Crippen LogP contribution in [0.3, 0.4) is 0 Å². The highest BCUT2D eigenvalue weighted by atomic mass is 35.5. The number of benzene rings is 1. The van der Waals surface area contributed by atoms with Crippen LogP contribution in [0.1, 0.15) is 11.7 Å². The first-order valence-electron chi connectivity index (χ1n) is 3.34. The molecule has 1 atom stereocenters. The number of hydrogen-bond acceptors (Lipinski definition) is 1. The molecule has 1 nitrogen and oxygen atoms in total. The van der Waals surface area contributed by atoms with Gasteiger partial charge in [0.2, 0.25) is 0 Å². The summed E-state index contributed by atoms with van der Waals surface area (Å²) < 4.78 is 0. The maximum absolute atomic E-state index is 9.39. The highest BCUT2D eigenvalue weighted by Crippen LogP contribution is 2.30. The highest BCUT2D eigenvalue weighted by Gasteiger charge is 2.13. The smallest absolute Gasteiger partial charge is 0.0954 e. The molecule has 0 saturated carbocycles. The second kappa shape index (κ2) is 4.33. The Bertz CT molecular complexity index is 255. The van der Waals surface area contributed by atoms with Crippen molar-refractivity contribution in [3.8, 4) is 0 Å². The maximum Gasteiger partial charge on any atom is 0.0954 e. The van der Waals surface area contributed by atoms with Gasteiger partial charge in [-0.2, -0.15) is 0 Å². The summed E-state index contributed by atoms with van der Waals surface area (Å²) in [6.07, 6.45) is -0.798. The molecule has 0 fully saturated rings. The van der Waals surface area contributed by atoms with Crippen molar-refractivity contribution in [3.05, 3.63) is 33.8 Å². The van der Waals surface area contributed by atoms with Crippen LogP contribution >= 0.6 is 34.8 Å². The van der Waals surface area contributed by atoms with E-state index in [-0.39, 0.29) is 5.88 Å². The van der Waals surface area contributed by atoms with Gasteiger partial charge in [0, 0.05) is 15.6 Å². The number of hydrogen-bond donors (Lipinski definition) is 1. The summed E-state index contributed by atoms with van der Waals surface area (Å²) in [6.45, 7) is 0. The predicted molar refractivity (Wildman–Crippen MR) is 52.1 cm³/mol. The Morgan fingerprint density at radius 1 is 1.25 bits per heavy atom. The first-order chi connectivity index (χ1) is 5.66. The van der Waals surface area contributed by atoms with Gasteiger partial charge in [-0.25, -0.2) is 0 Å². The van der Waals surface area contributed by atoms with Crippen LogP contribution in [0.5, 0.6) is 0 Å². The van der Waals surface area contributed by atoms with Gasteiger partial charge in [-0.1, -0.05) is 29.3 Å². The van der Waals surface area contributed by atoms with Crippen molar-refractivity contribution in [3.63, 3.8) is 0 Å². The van der Waals surface area contributed by atoms with E-state index in [1.807, 2.05) is 0 Å². The molecular formula is C8H7Cl3O. The van der Waals surface area contributed by atoms with Crippen molar-refractivity contribution in [1.29, 1.82) is 0 Å². The lowest BCUT2D eigenvalue weighted by Gasteiger charge is -2.10. The molecule has 1 rings (SSSR count). The molecule has 0 radical (unpaired) electrons. The van der Waals surface area contributed by atoms with E-state index < -0.39 is 6.10 Å². The van der Waals surface area contributed by atoms with Crippen LogP contribution in [-0.4, -0.2) is 11.0 Å². The van der Waals surface area contributed by atoms with Crippen molar-refractivity contribution in [2.45, 2.75) is 6.10 Å². The molecule has 0 aliphatic carbocycles. The number of rotatable bonds is 2. The third-order valence-corrected chi connectivity index (χ3v) is 2.43. The van der Waals surface area contributed by atoms with Crippen LogP contribution in [0.25, 0.3) is 0 Å². The highest BCUT2D eigenvalue weighted by molar-refractivity contribution is 6.36. The summed E-state index contributed by atoms with van der Waals surface area (Å²) in [6, 6.07) is 5.05. The van der Waals surface area contributed by atoms with Crippen LogP contribution in [0.2, 0.25) is 10.0 Å². The molecule has 0 aromatic heterocycles. The molecule has 1 N–H and O–H groups in total. The van der Waals surface area contributed by atoms with Crippen molar-refractivity contribution in [1.82, 2.24) is 0 Å². The van der Waals surface area contributed by atoms with Gasteiger partial charge in [-0.15, -0.1) is 11.6 Å². The zero-order valence-electron chi connectivity index (χ0n) is 6.10. The zero-order chi connectivity index (χ0) is 9.14. The third-order valence-electron chi connectivity index (χ3n) is 1.48. The van der Waals surface area contributed by atoms with Gasteiger partial charge < -0.3 is 5.11 Å². The van der Waals surface area contributed by atoms with E-state index in [0.717, 1.165) is 0 Å². The second-order valence-electron chi connectivity index (χ2n) is 2.31. The largest absolute Gasteiger partial charge is 0.387 e. The lowest BCUT2D eigenvalue weighted by atomic mass is 10.1.